The van der Waals surface area contributed by atoms with E-state index < -0.39 is 17.2 Å². The normalized spacial score (nSPS) is 9.57. The van der Waals surface area contributed by atoms with Gasteiger partial charge in [-0.05, 0) is 18.6 Å². The molecule has 2 nitrogen and oxygen atoms in total. The molecule has 14 heavy (non-hydrogen) atoms. The number of halogens is 2. The molecular weight excluding hydrogens is 188 g/mol. The summed E-state index contributed by atoms with van der Waals surface area (Å²) >= 11 is 0. The molecule has 0 heterocycles. The van der Waals surface area contributed by atoms with E-state index in [1.807, 2.05) is 6.92 Å². The molecule has 0 unspecified atom stereocenters. The van der Waals surface area contributed by atoms with Gasteiger partial charge in [0.05, 0.1) is 6.61 Å². The van der Waals surface area contributed by atoms with E-state index in [1.165, 1.54) is 12.1 Å². The van der Waals surface area contributed by atoms with E-state index in [9.17, 15) is 8.78 Å². The van der Waals surface area contributed by atoms with Crippen LogP contribution >= 0.6 is 0 Å². The van der Waals surface area contributed by atoms with Gasteiger partial charge in [0.1, 0.15) is 17.4 Å². The summed E-state index contributed by atoms with van der Waals surface area (Å²) in [4.78, 5) is 0. The van der Waals surface area contributed by atoms with Crippen molar-refractivity contribution in [3.63, 3.8) is 0 Å². The van der Waals surface area contributed by atoms with Crippen molar-refractivity contribution in [3.8, 4) is 11.8 Å². The van der Waals surface area contributed by atoms with Crippen molar-refractivity contribution < 1.29 is 13.5 Å². The van der Waals surface area contributed by atoms with Crippen LogP contribution in [0.2, 0.25) is 0 Å². The SMILES string of the molecule is CCCOc1ccc(F)c(C#N)c1F. The standard InChI is InChI=1S/C10H9F2NO/c1-2-5-14-9-4-3-8(11)7(6-13)10(9)12/h3-4H,2,5H2,1H3. The number of rotatable bonds is 3. The molecule has 0 atom stereocenters. The predicted molar refractivity (Wildman–Crippen MR) is 46.9 cm³/mol. The van der Waals surface area contributed by atoms with Crippen LogP contribution in [0.3, 0.4) is 0 Å². The van der Waals surface area contributed by atoms with Gasteiger partial charge in [-0.2, -0.15) is 5.26 Å². The topological polar surface area (TPSA) is 33.0 Å². The molecule has 74 valence electrons. The van der Waals surface area contributed by atoms with Crippen molar-refractivity contribution in [2.75, 3.05) is 6.61 Å². The van der Waals surface area contributed by atoms with Crippen molar-refractivity contribution in [3.05, 3.63) is 29.3 Å². The molecule has 0 aliphatic heterocycles. The summed E-state index contributed by atoms with van der Waals surface area (Å²) in [6.45, 7) is 2.21. The minimum Gasteiger partial charge on any atom is -0.490 e. The second-order valence-electron chi connectivity index (χ2n) is 2.69. The largest absolute Gasteiger partial charge is 0.490 e. The van der Waals surface area contributed by atoms with Crippen molar-refractivity contribution >= 4 is 0 Å². The smallest absolute Gasteiger partial charge is 0.185 e. The van der Waals surface area contributed by atoms with Crippen LogP contribution in [0.4, 0.5) is 8.78 Å². The van der Waals surface area contributed by atoms with Gasteiger partial charge < -0.3 is 4.74 Å². The van der Waals surface area contributed by atoms with Gasteiger partial charge in [-0.15, -0.1) is 0 Å². The summed E-state index contributed by atoms with van der Waals surface area (Å²) < 4.78 is 31.1. The first-order chi connectivity index (χ1) is 6.70. The average Bonchev–Trinajstić information content (AvgIpc) is 2.18. The van der Waals surface area contributed by atoms with Crippen LogP contribution in [-0.4, -0.2) is 6.61 Å². The zero-order chi connectivity index (χ0) is 10.6. The summed E-state index contributed by atoms with van der Waals surface area (Å²) in [7, 11) is 0. The maximum absolute atomic E-state index is 13.3. The highest BCUT2D eigenvalue weighted by Crippen LogP contribution is 2.22. The average molecular weight is 197 g/mol. The maximum Gasteiger partial charge on any atom is 0.185 e. The van der Waals surface area contributed by atoms with Crippen LogP contribution in [0.15, 0.2) is 12.1 Å². The van der Waals surface area contributed by atoms with Crippen LogP contribution in [-0.2, 0) is 0 Å². The highest BCUT2D eigenvalue weighted by atomic mass is 19.1. The molecule has 0 fully saturated rings. The van der Waals surface area contributed by atoms with E-state index in [1.54, 1.807) is 0 Å². The van der Waals surface area contributed by atoms with Crippen molar-refractivity contribution in [1.29, 1.82) is 5.26 Å². The fourth-order valence-electron chi connectivity index (χ4n) is 0.959. The first-order valence-corrected chi connectivity index (χ1v) is 4.21. The highest BCUT2D eigenvalue weighted by Gasteiger charge is 2.13. The zero-order valence-corrected chi connectivity index (χ0v) is 7.68. The first-order valence-electron chi connectivity index (χ1n) is 4.21. The van der Waals surface area contributed by atoms with Crippen LogP contribution in [0.1, 0.15) is 18.9 Å². The second-order valence-corrected chi connectivity index (χ2v) is 2.69. The number of ether oxygens (including phenoxy) is 1. The van der Waals surface area contributed by atoms with Crippen molar-refractivity contribution in [2.24, 2.45) is 0 Å². The fraction of sp³-hybridized carbons (Fsp3) is 0.300. The summed E-state index contributed by atoms with van der Waals surface area (Å²) in [6, 6.07) is 3.65. The summed E-state index contributed by atoms with van der Waals surface area (Å²) in [5.41, 5.74) is -0.599. The summed E-state index contributed by atoms with van der Waals surface area (Å²) in [5.74, 6) is -1.88. The van der Waals surface area contributed by atoms with Gasteiger partial charge in [0.2, 0.25) is 0 Å². The number of hydrogen-bond donors (Lipinski definition) is 0. The molecular formula is C10H9F2NO. The first kappa shape index (κ1) is 10.5. The molecule has 0 spiro atoms. The lowest BCUT2D eigenvalue weighted by Crippen LogP contribution is -2.00. The fourth-order valence-corrected chi connectivity index (χ4v) is 0.959. The summed E-state index contributed by atoms with van der Waals surface area (Å²) in [5, 5.41) is 8.46. The minimum absolute atomic E-state index is 0.0789. The Balaban J connectivity index is 3.04. The third-order valence-electron chi connectivity index (χ3n) is 1.63. The number of nitrogens with zero attached hydrogens (tertiary/aromatic N) is 1. The van der Waals surface area contributed by atoms with E-state index in [4.69, 9.17) is 10.00 Å². The Morgan fingerprint density at radius 2 is 2.14 bits per heavy atom. The van der Waals surface area contributed by atoms with Crippen molar-refractivity contribution in [1.82, 2.24) is 0 Å². The molecule has 0 aliphatic carbocycles. The van der Waals surface area contributed by atoms with Crippen LogP contribution in [0.5, 0.6) is 5.75 Å². The highest BCUT2D eigenvalue weighted by molar-refractivity contribution is 5.39. The lowest BCUT2D eigenvalue weighted by Gasteiger charge is -2.06. The van der Waals surface area contributed by atoms with Crippen LogP contribution in [0.25, 0.3) is 0 Å². The molecule has 0 saturated carbocycles. The van der Waals surface area contributed by atoms with Crippen LogP contribution < -0.4 is 4.74 Å². The van der Waals surface area contributed by atoms with Gasteiger partial charge >= 0.3 is 0 Å². The number of hydrogen-bond acceptors (Lipinski definition) is 2. The Labute approximate surface area is 80.7 Å². The van der Waals surface area contributed by atoms with Crippen molar-refractivity contribution in [2.45, 2.75) is 13.3 Å². The van der Waals surface area contributed by atoms with Gasteiger partial charge in [-0.3, -0.25) is 0 Å². The van der Waals surface area contributed by atoms with E-state index in [0.29, 0.717) is 6.61 Å². The lowest BCUT2D eigenvalue weighted by atomic mass is 10.2. The third kappa shape index (κ3) is 1.99. The Morgan fingerprint density at radius 1 is 1.43 bits per heavy atom. The van der Waals surface area contributed by atoms with Gasteiger partial charge in [0, 0.05) is 0 Å². The minimum atomic E-state index is -0.930. The van der Waals surface area contributed by atoms with Gasteiger partial charge in [-0.25, -0.2) is 8.78 Å². The van der Waals surface area contributed by atoms with E-state index in [0.717, 1.165) is 12.5 Å². The monoisotopic (exact) mass is 197 g/mol. The quantitative estimate of drug-likeness (QED) is 0.746. The molecule has 0 amide bonds. The molecule has 0 aromatic heterocycles. The van der Waals surface area contributed by atoms with Crippen LogP contribution in [0, 0.1) is 23.0 Å². The van der Waals surface area contributed by atoms with Gasteiger partial charge in [0.15, 0.2) is 11.6 Å². The molecule has 0 bridgehead atoms. The Kier molecular flexibility index (Phi) is 3.41. The van der Waals surface area contributed by atoms with E-state index >= 15 is 0 Å². The van der Waals surface area contributed by atoms with Gasteiger partial charge in [0.25, 0.3) is 0 Å². The molecule has 0 N–H and O–H groups in total. The third-order valence-corrected chi connectivity index (χ3v) is 1.63. The Morgan fingerprint density at radius 3 is 2.71 bits per heavy atom. The van der Waals surface area contributed by atoms with E-state index in [2.05, 4.69) is 0 Å². The molecule has 1 aromatic carbocycles. The predicted octanol–water partition coefficient (Wildman–Crippen LogP) is 2.63. The molecule has 0 aliphatic rings. The second kappa shape index (κ2) is 4.56. The van der Waals surface area contributed by atoms with Gasteiger partial charge in [-0.1, -0.05) is 6.92 Å². The Bertz CT molecular complexity index is 371. The molecule has 0 saturated heterocycles. The molecule has 1 rings (SSSR count). The number of benzene rings is 1. The zero-order valence-electron chi connectivity index (χ0n) is 7.68. The molecule has 0 radical (unpaired) electrons. The maximum atomic E-state index is 13.3. The summed E-state index contributed by atoms with van der Waals surface area (Å²) in [6.07, 6.45) is 0.721. The Hall–Kier alpha value is -1.63. The molecule has 4 heteroatoms. The van der Waals surface area contributed by atoms with E-state index in [-0.39, 0.29) is 5.75 Å². The molecule has 1 aromatic rings. The number of nitriles is 1. The lowest BCUT2D eigenvalue weighted by molar-refractivity contribution is 0.300.